The SMILES string of the molecule is CNC(CCN(C)C1CCCCC1)c1ccc(C)c(F)c1. The monoisotopic (exact) mass is 292 g/mol. The van der Waals surface area contributed by atoms with Gasteiger partial charge in [-0.25, -0.2) is 4.39 Å². The first-order chi connectivity index (χ1) is 10.1. The van der Waals surface area contributed by atoms with Crippen LogP contribution in [-0.2, 0) is 0 Å². The Balaban J connectivity index is 1.90. The molecule has 0 aliphatic heterocycles. The van der Waals surface area contributed by atoms with Gasteiger partial charge in [-0.3, -0.25) is 0 Å². The number of hydrogen-bond acceptors (Lipinski definition) is 2. The van der Waals surface area contributed by atoms with Crippen molar-refractivity contribution in [1.29, 1.82) is 0 Å². The Kier molecular flexibility index (Phi) is 6.19. The van der Waals surface area contributed by atoms with Crippen LogP contribution in [0, 0.1) is 12.7 Å². The summed E-state index contributed by atoms with van der Waals surface area (Å²) >= 11 is 0. The van der Waals surface area contributed by atoms with Crippen LogP contribution in [0.2, 0.25) is 0 Å². The first-order valence-corrected chi connectivity index (χ1v) is 8.25. The summed E-state index contributed by atoms with van der Waals surface area (Å²) in [5, 5.41) is 3.33. The molecule has 1 atom stereocenters. The van der Waals surface area contributed by atoms with Gasteiger partial charge in [-0.05, 0) is 64.0 Å². The van der Waals surface area contributed by atoms with Crippen molar-refractivity contribution < 1.29 is 4.39 Å². The smallest absolute Gasteiger partial charge is 0.126 e. The van der Waals surface area contributed by atoms with Crippen LogP contribution in [0.15, 0.2) is 18.2 Å². The van der Waals surface area contributed by atoms with E-state index in [4.69, 9.17) is 0 Å². The summed E-state index contributed by atoms with van der Waals surface area (Å²) in [6.45, 7) is 2.87. The Hall–Kier alpha value is -0.930. The largest absolute Gasteiger partial charge is 0.313 e. The number of nitrogens with one attached hydrogen (secondary N) is 1. The van der Waals surface area contributed by atoms with E-state index >= 15 is 0 Å². The zero-order chi connectivity index (χ0) is 15.2. The summed E-state index contributed by atoms with van der Waals surface area (Å²) < 4.78 is 13.7. The molecule has 118 valence electrons. The summed E-state index contributed by atoms with van der Waals surface area (Å²) in [6, 6.07) is 6.56. The van der Waals surface area contributed by atoms with Crippen molar-refractivity contribution in [1.82, 2.24) is 10.2 Å². The van der Waals surface area contributed by atoms with E-state index in [1.165, 1.54) is 32.1 Å². The lowest BCUT2D eigenvalue weighted by Gasteiger charge is -2.32. The molecule has 0 radical (unpaired) electrons. The van der Waals surface area contributed by atoms with Gasteiger partial charge in [0.15, 0.2) is 0 Å². The zero-order valence-corrected chi connectivity index (χ0v) is 13.7. The molecule has 0 bridgehead atoms. The number of nitrogens with zero attached hydrogens (tertiary/aromatic N) is 1. The Bertz CT molecular complexity index is 441. The summed E-state index contributed by atoms with van der Waals surface area (Å²) in [6.07, 6.45) is 7.82. The lowest BCUT2D eigenvalue weighted by molar-refractivity contribution is 0.184. The van der Waals surface area contributed by atoms with Crippen LogP contribution >= 0.6 is 0 Å². The van der Waals surface area contributed by atoms with Crippen LogP contribution in [-0.4, -0.2) is 31.6 Å². The lowest BCUT2D eigenvalue weighted by Crippen LogP contribution is -2.35. The van der Waals surface area contributed by atoms with Crippen LogP contribution in [0.4, 0.5) is 4.39 Å². The number of hydrogen-bond donors (Lipinski definition) is 1. The molecule has 1 aliphatic carbocycles. The van der Waals surface area contributed by atoms with Gasteiger partial charge in [-0.15, -0.1) is 0 Å². The Labute approximate surface area is 128 Å². The van der Waals surface area contributed by atoms with E-state index in [1.54, 1.807) is 6.07 Å². The van der Waals surface area contributed by atoms with E-state index in [-0.39, 0.29) is 11.9 Å². The van der Waals surface area contributed by atoms with E-state index in [0.29, 0.717) is 5.56 Å². The van der Waals surface area contributed by atoms with Gasteiger partial charge in [-0.2, -0.15) is 0 Å². The molecule has 1 aromatic carbocycles. The van der Waals surface area contributed by atoms with Crippen molar-refractivity contribution in [3.05, 3.63) is 35.1 Å². The van der Waals surface area contributed by atoms with Gasteiger partial charge in [0, 0.05) is 12.1 Å². The molecular formula is C18H29FN2. The second-order valence-electron chi connectivity index (χ2n) is 6.41. The number of benzene rings is 1. The standard InChI is InChI=1S/C18H29FN2/c1-14-9-10-15(13-17(14)19)18(20-2)11-12-21(3)16-7-5-4-6-8-16/h9-10,13,16,18,20H,4-8,11-12H2,1-3H3. The fraction of sp³-hybridized carbons (Fsp3) is 0.667. The van der Waals surface area contributed by atoms with Gasteiger partial charge in [-0.1, -0.05) is 31.4 Å². The van der Waals surface area contributed by atoms with Crippen molar-refractivity contribution in [3.63, 3.8) is 0 Å². The quantitative estimate of drug-likeness (QED) is 0.851. The van der Waals surface area contributed by atoms with Crippen LogP contribution < -0.4 is 5.32 Å². The molecule has 2 rings (SSSR count). The number of rotatable bonds is 6. The van der Waals surface area contributed by atoms with Gasteiger partial charge < -0.3 is 10.2 Å². The average Bonchev–Trinajstić information content (AvgIpc) is 2.52. The fourth-order valence-electron chi connectivity index (χ4n) is 3.34. The second kappa shape index (κ2) is 7.90. The summed E-state index contributed by atoms with van der Waals surface area (Å²) in [7, 11) is 4.20. The van der Waals surface area contributed by atoms with E-state index in [2.05, 4.69) is 17.3 Å². The van der Waals surface area contributed by atoms with Crippen LogP contribution in [0.1, 0.15) is 55.7 Å². The highest BCUT2D eigenvalue weighted by molar-refractivity contribution is 5.25. The van der Waals surface area contributed by atoms with Crippen LogP contribution in [0.3, 0.4) is 0 Å². The summed E-state index contributed by atoms with van der Waals surface area (Å²) in [5.74, 6) is -0.103. The minimum atomic E-state index is -0.103. The maximum Gasteiger partial charge on any atom is 0.126 e. The summed E-state index contributed by atoms with van der Waals surface area (Å²) in [4.78, 5) is 2.49. The molecule has 21 heavy (non-hydrogen) atoms. The molecule has 1 fully saturated rings. The van der Waals surface area contributed by atoms with Gasteiger partial charge in [0.05, 0.1) is 0 Å². The maximum absolute atomic E-state index is 13.7. The third kappa shape index (κ3) is 4.52. The fourth-order valence-corrected chi connectivity index (χ4v) is 3.34. The Morgan fingerprint density at radius 3 is 2.62 bits per heavy atom. The summed E-state index contributed by atoms with van der Waals surface area (Å²) in [5.41, 5.74) is 1.77. The van der Waals surface area contributed by atoms with E-state index in [0.717, 1.165) is 24.6 Å². The predicted octanol–water partition coefficient (Wildman–Crippen LogP) is 4.05. The third-order valence-electron chi connectivity index (χ3n) is 4.92. The Morgan fingerprint density at radius 2 is 2.00 bits per heavy atom. The minimum Gasteiger partial charge on any atom is -0.313 e. The molecule has 2 nitrogen and oxygen atoms in total. The van der Waals surface area contributed by atoms with Crippen molar-refractivity contribution in [2.75, 3.05) is 20.6 Å². The zero-order valence-electron chi connectivity index (χ0n) is 13.7. The van der Waals surface area contributed by atoms with Crippen molar-refractivity contribution in [2.24, 2.45) is 0 Å². The molecule has 0 heterocycles. The molecule has 1 saturated carbocycles. The van der Waals surface area contributed by atoms with Gasteiger partial charge in [0.1, 0.15) is 5.82 Å². The first kappa shape index (κ1) is 16.4. The van der Waals surface area contributed by atoms with Crippen molar-refractivity contribution in [3.8, 4) is 0 Å². The minimum absolute atomic E-state index is 0.103. The highest BCUT2D eigenvalue weighted by Gasteiger charge is 2.19. The predicted molar refractivity (Wildman–Crippen MR) is 87.1 cm³/mol. The highest BCUT2D eigenvalue weighted by atomic mass is 19.1. The molecule has 0 amide bonds. The molecule has 1 unspecified atom stereocenters. The molecular weight excluding hydrogens is 263 g/mol. The van der Waals surface area contributed by atoms with Gasteiger partial charge in [0.25, 0.3) is 0 Å². The molecule has 3 heteroatoms. The molecule has 0 saturated heterocycles. The van der Waals surface area contributed by atoms with Crippen molar-refractivity contribution >= 4 is 0 Å². The molecule has 0 spiro atoms. The third-order valence-corrected chi connectivity index (χ3v) is 4.92. The molecule has 1 aliphatic rings. The van der Waals surface area contributed by atoms with Crippen molar-refractivity contribution in [2.45, 2.75) is 57.5 Å². The molecule has 0 aromatic heterocycles. The lowest BCUT2D eigenvalue weighted by atomic mass is 9.94. The maximum atomic E-state index is 13.7. The van der Waals surface area contributed by atoms with E-state index < -0.39 is 0 Å². The van der Waals surface area contributed by atoms with Crippen LogP contribution in [0.25, 0.3) is 0 Å². The van der Waals surface area contributed by atoms with E-state index in [1.807, 2.05) is 26.1 Å². The number of halogens is 1. The first-order valence-electron chi connectivity index (χ1n) is 8.25. The normalized spacial score (nSPS) is 18.1. The van der Waals surface area contributed by atoms with Crippen LogP contribution in [0.5, 0.6) is 0 Å². The topological polar surface area (TPSA) is 15.3 Å². The average molecular weight is 292 g/mol. The van der Waals surface area contributed by atoms with Gasteiger partial charge in [0.2, 0.25) is 0 Å². The number of aryl methyl sites for hydroxylation is 1. The van der Waals surface area contributed by atoms with E-state index in [9.17, 15) is 4.39 Å². The van der Waals surface area contributed by atoms with Gasteiger partial charge >= 0.3 is 0 Å². The molecule has 1 N–H and O–H groups in total. The molecule has 1 aromatic rings. The highest BCUT2D eigenvalue weighted by Crippen LogP contribution is 2.24. The Morgan fingerprint density at radius 1 is 1.29 bits per heavy atom. The second-order valence-corrected chi connectivity index (χ2v) is 6.41.